The molecule has 4 aromatic rings. The standard InChI is InChI=1S/C25H22N4O4/c1-16-10-12-17(13-11-16)14-26-24(31)19-7-3-4-8-20(19)27-22(30)15-33-25(32)23-18-6-2-5-9-21(18)28-29-23/h2-13H,14-15H2,1H3,(H,26,31)(H,27,30)(H,28,29). The average Bonchev–Trinajstić information content (AvgIpc) is 3.27. The summed E-state index contributed by atoms with van der Waals surface area (Å²) in [6.45, 7) is 1.84. The molecule has 166 valence electrons. The maximum Gasteiger partial charge on any atom is 0.359 e. The number of H-pyrrole nitrogens is 1. The number of aromatic nitrogens is 2. The minimum Gasteiger partial charge on any atom is -0.451 e. The molecule has 3 N–H and O–H groups in total. The molecule has 3 aromatic carbocycles. The molecule has 0 bridgehead atoms. The lowest BCUT2D eigenvalue weighted by Gasteiger charge is -2.12. The summed E-state index contributed by atoms with van der Waals surface area (Å²) >= 11 is 0. The molecule has 8 nitrogen and oxygen atoms in total. The molecule has 0 aliphatic rings. The Morgan fingerprint density at radius 1 is 0.939 bits per heavy atom. The number of hydrogen-bond donors (Lipinski definition) is 3. The second-order valence-electron chi connectivity index (χ2n) is 7.46. The van der Waals surface area contributed by atoms with Gasteiger partial charge in [0.1, 0.15) is 0 Å². The fraction of sp³-hybridized carbons (Fsp3) is 0.120. The third-order valence-electron chi connectivity index (χ3n) is 5.02. The van der Waals surface area contributed by atoms with Crippen molar-refractivity contribution in [3.05, 3.63) is 95.2 Å². The summed E-state index contributed by atoms with van der Waals surface area (Å²) in [6, 6.07) is 21.6. The average molecular weight is 442 g/mol. The summed E-state index contributed by atoms with van der Waals surface area (Å²) in [6.07, 6.45) is 0. The number of anilines is 1. The van der Waals surface area contributed by atoms with Crippen LogP contribution in [0.15, 0.2) is 72.8 Å². The number of rotatable bonds is 7. The van der Waals surface area contributed by atoms with Gasteiger partial charge in [-0.05, 0) is 30.7 Å². The van der Waals surface area contributed by atoms with E-state index in [1.165, 1.54) is 0 Å². The zero-order chi connectivity index (χ0) is 23.2. The van der Waals surface area contributed by atoms with Crippen molar-refractivity contribution in [1.29, 1.82) is 0 Å². The maximum absolute atomic E-state index is 12.7. The summed E-state index contributed by atoms with van der Waals surface area (Å²) < 4.78 is 5.11. The number of esters is 1. The Hall–Kier alpha value is -4.46. The van der Waals surface area contributed by atoms with Crippen LogP contribution in [0.4, 0.5) is 5.69 Å². The summed E-state index contributed by atoms with van der Waals surface area (Å²) in [7, 11) is 0. The summed E-state index contributed by atoms with van der Waals surface area (Å²) in [5.41, 5.74) is 3.54. The normalized spacial score (nSPS) is 10.6. The van der Waals surface area contributed by atoms with Gasteiger partial charge in [-0.1, -0.05) is 60.2 Å². The Morgan fingerprint density at radius 3 is 2.48 bits per heavy atom. The van der Waals surface area contributed by atoms with Crippen molar-refractivity contribution in [3.63, 3.8) is 0 Å². The van der Waals surface area contributed by atoms with Gasteiger partial charge in [-0.2, -0.15) is 5.10 Å². The van der Waals surface area contributed by atoms with Gasteiger partial charge in [0.2, 0.25) is 0 Å². The van der Waals surface area contributed by atoms with Crippen molar-refractivity contribution < 1.29 is 19.1 Å². The second-order valence-corrected chi connectivity index (χ2v) is 7.46. The van der Waals surface area contributed by atoms with Gasteiger partial charge in [-0.25, -0.2) is 4.79 Å². The van der Waals surface area contributed by atoms with Crippen LogP contribution in [0.2, 0.25) is 0 Å². The molecule has 33 heavy (non-hydrogen) atoms. The predicted molar refractivity (Wildman–Crippen MR) is 124 cm³/mol. The van der Waals surface area contributed by atoms with Crippen LogP contribution >= 0.6 is 0 Å². The van der Waals surface area contributed by atoms with Gasteiger partial charge in [-0.3, -0.25) is 14.7 Å². The summed E-state index contributed by atoms with van der Waals surface area (Å²) in [4.78, 5) is 37.4. The van der Waals surface area contributed by atoms with E-state index in [1.54, 1.807) is 42.5 Å². The van der Waals surface area contributed by atoms with Crippen molar-refractivity contribution >= 4 is 34.4 Å². The van der Waals surface area contributed by atoms with Gasteiger partial charge < -0.3 is 15.4 Å². The van der Waals surface area contributed by atoms with Crippen molar-refractivity contribution in [3.8, 4) is 0 Å². The highest BCUT2D eigenvalue weighted by Crippen LogP contribution is 2.17. The third kappa shape index (κ3) is 5.24. The molecule has 4 rings (SSSR count). The number of para-hydroxylation sites is 2. The number of nitrogens with one attached hydrogen (secondary N) is 3. The SMILES string of the molecule is Cc1ccc(CNC(=O)c2ccccc2NC(=O)COC(=O)c2n[nH]c3ccccc23)cc1. The van der Waals surface area contributed by atoms with Crippen LogP contribution in [0.25, 0.3) is 10.9 Å². The first-order valence-electron chi connectivity index (χ1n) is 10.3. The third-order valence-corrected chi connectivity index (χ3v) is 5.02. The number of benzene rings is 3. The number of carbonyl (C=O) groups is 3. The van der Waals surface area contributed by atoms with Gasteiger partial charge in [0, 0.05) is 11.9 Å². The number of nitrogens with zero attached hydrogens (tertiary/aromatic N) is 1. The highest BCUT2D eigenvalue weighted by Gasteiger charge is 2.18. The Labute approximate surface area is 190 Å². The molecule has 0 saturated carbocycles. The van der Waals surface area contributed by atoms with E-state index in [4.69, 9.17) is 4.74 Å². The number of aromatic amines is 1. The summed E-state index contributed by atoms with van der Waals surface area (Å²) in [5, 5.41) is 12.8. The van der Waals surface area contributed by atoms with Gasteiger partial charge in [0.15, 0.2) is 12.3 Å². The molecule has 2 amide bonds. The molecule has 8 heteroatoms. The highest BCUT2D eigenvalue weighted by atomic mass is 16.5. The first-order valence-corrected chi connectivity index (χ1v) is 10.3. The molecule has 0 aliphatic carbocycles. The Bertz CT molecular complexity index is 1310. The molecular formula is C25H22N4O4. The fourth-order valence-corrected chi connectivity index (χ4v) is 3.28. The Kier molecular flexibility index (Phi) is 6.45. The number of ether oxygens (including phenoxy) is 1. The van der Waals surface area contributed by atoms with Crippen LogP contribution in [0.3, 0.4) is 0 Å². The topological polar surface area (TPSA) is 113 Å². The number of hydrogen-bond acceptors (Lipinski definition) is 5. The lowest BCUT2D eigenvalue weighted by Crippen LogP contribution is -2.26. The van der Waals surface area contributed by atoms with Gasteiger partial charge in [-0.15, -0.1) is 0 Å². The Morgan fingerprint density at radius 2 is 1.67 bits per heavy atom. The second kappa shape index (κ2) is 9.78. The van der Waals surface area contributed by atoms with E-state index >= 15 is 0 Å². The zero-order valence-corrected chi connectivity index (χ0v) is 17.9. The molecule has 0 aliphatic heterocycles. The van der Waals surface area contributed by atoms with E-state index in [2.05, 4.69) is 20.8 Å². The van der Waals surface area contributed by atoms with Crippen molar-refractivity contribution in [2.45, 2.75) is 13.5 Å². The van der Waals surface area contributed by atoms with E-state index < -0.39 is 18.5 Å². The monoisotopic (exact) mass is 442 g/mol. The summed E-state index contributed by atoms with van der Waals surface area (Å²) in [5.74, 6) is -1.61. The molecule has 0 fully saturated rings. The van der Waals surface area contributed by atoms with Crippen LogP contribution in [-0.4, -0.2) is 34.6 Å². The lowest BCUT2D eigenvalue weighted by atomic mass is 10.1. The van der Waals surface area contributed by atoms with Crippen LogP contribution in [0, 0.1) is 6.92 Å². The molecule has 0 spiro atoms. The van der Waals surface area contributed by atoms with Gasteiger partial charge >= 0.3 is 5.97 Å². The maximum atomic E-state index is 12.7. The minimum absolute atomic E-state index is 0.106. The van der Waals surface area contributed by atoms with Gasteiger partial charge in [0.25, 0.3) is 11.8 Å². The number of carbonyl (C=O) groups excluding carboxylic acids is 3. The fourth-order valence-electron chi connectivity index (χ4n) is 3.28. The highest BCUT2D eigenvalue weighted by molar-refractivity contribution is 6.05. The predicted octanol–water partition coefficient (Wildman–Crippen LogP) is 3.60. The van der Waals surface area contributed by atoms with Gasteiger partial charge in [0.05, 0.1) is 16.8 Å². The Balaban J connectivity index is 1.35. The molecule has 0 radical (unpaired) electrons. The van der Waals surface area contributed by atoms with Crippen LogP contribution in [0.5, 0.6) is 0 Å². The van der Waals surface area contributed by atoms with Crippen LogP contribution in [-0.2, 0) is 16.1 Å². The largest absolute Gasteiger partial charge is 0.451 e. The van der Waals surface area contributed by atoms with Crippen LogP contribution < -0.4 is 10.6 Å². The van der Waals surface area contributed by atoms with E-state index in [0.29, 0.717) is 28.7 Å². The quantitative estimate of drug-likeness (QED) is 0.379. The van der Waals surface area contributed by atoms with Crippen molar-refractivity contribution in [2.24, 2.45) is 0 Å². The van der Waals surface area contributed by atoms with Crippen molar-refractivity contribution in [1.82, 2.24) is 15.5 Å². The molecule has 0 atom stereocenters. The molecule has 0 saturated heterocycles. The molecule has 0 unspecified atom stereocenters. The number of fused-ring (bicyclic) bond motifs is 1. The van der Waals surface area contributed by atoms with Crippen molar-refractivity contribution in [2.75, 3.05) is 11.9 Å². The number of aryl methyl sites for hydroxylation is 1. The minimum atomic E-state index is -0.716. The smallest absolute Gasteiger partial charge is 0.359 e. The first-order chi connectivity index (χ1) is 16.0. The van der Waals surface area contributed by atoms with E-state index in [1.807, 2.05) is 37.3 Å². The molecule has 1 heterocycles. The van der Waals surface area contributed by atoms with Crippen LogP contribution in [0.1, 0.15) is 32.0 Å². The first kappa shape index (κ1) is 21.8. The van der Waals surface area contributed by atoms with E-state index in [0.717, 1.165) is 11.1 Å². The van der Waals surface area contributed by atoms with E-state index in [9.17, 15) is 14.4 Å². The van der Waals surface area contributed by atoms with E-state index in [-0.39, 0.29) is 11.6 Å². The zero-order valence-electron chi connectivity index (χ0n) is 17.9. The lowest BCUT2D eigenvalue weighted by molar-refractivity contribution is -0.119. The number of amides is 2. The molecule has 1 aromatic heterocycles. The molecular weight excluding hydrogens is 420 g/mol.